The largest absolute Gasteiger partial charge is 0.465 e. The SMILES string of the molecule is CCOC(=O)CN(CC)c1ccc([N+](=O)[O-])cc1I. The highest BCUT2D eigenvalue weighted by Crippen LogP contribution is 2.26. The minimum atomic E-state index is -0.437. The number of hydrogen-bond acceptors (Lipinski definition) is 5. The molecule has 0 spiro atoms. The number of nitrogens with zero attached hydrogens (tertiary/aromatic N) is 2. The fourth-order valence-electron chi connectivity index (χ4n) is 1.60. The average Bonchev–Trinajstić information content (AvgIpc) is 2.36. The third-order valence-electron chi connectivity index (χ3n) is 2.49. The lowest BCUT2D eigenvalue weighted by Gasteiger charge is -2.23. The molecule has 0 N–H and O–H groups in total. The lowest BCUT2D eigenvalue weighted by Crippen LogP contribution is -2.31. The van der Waals surface area contributed by atoms with Crippen LogP contribution in [0.1, 0.15) is 13.8 Å². The van der Waals surface area contributed by atoms with Crippen molar-refractivity contribution in [2.75, 3.05) is 24.6 Å². The van der Waals surface area contributed by atoms with E-state index in [0.717, 1.165) is 9.26 Å². The maximum absolute atomic E-state index is 11.5. The molecular formula is C12H15IN2O4. The summed E-state index contributed by atoms with van der Waals surface area (Å²) in [5, 5.41) is 10.7. The second-order valence-electron chi connectivity index (χ2n) is 3.71. The van der Waals surface area contributed by atoms with Crippen molar-refractivity contribution >= 4 is 39.9 Å². The fraction of sp³-hybridized carbons (Fsp3) is 0.417. The van der Waals surface area contributed by atoms with E-state index in [1.807, 2.05) is 34.4 Å². The van der Waals surface area contributed by atoms with Gasteiger partial charge in [-0.1, -0.05) is 0 Å². The molecule has 19 heavy (non-hydrogen) atoms. The van der Waals surface area contributed by atoms with E-state index < -0.39 is 4.92 Å². The Labute approximate surface area is 125 Å². The van der Waals surface area contributed by atoms with Crippen molar-refractivity contribution in [3.8, 4) is 0 Å². The summed E-state index contributed by atoms with van der Waals surface area (Å²) in [6, 6.07) is 4.58. The zero-order chi connectivity index (χ0) is 14.4. The van der Waals surface area contributed by atoms with Gasteiger partial charge >= 0.3 is 5.97 Å². The van der Waals surface area contributed by atoms with Gasteiger partial charge in [-0.3, -0.25) is 14.9 Å². The number of benzene rings is 1. The number of carbonyl (C=O) groups is 1. The van der Waals surface area contributed by atoms with Crippen molar-refractivity contribution in [2.45, 2.75) is 13.8 Å². The first-order valence-corrected chi connectivity index (χ1v) is 6.92. The van der Waals surface area contributed by atoms with Gasteiger partial charge in [-0.05, 0) is 42.5 Å². The van der Waals surface area contributed by atoms with Crippen LogP contribution in [0.5, 0.6) is 0 Å². The minimum Gasteiger partial charge on any atom is -0.465 e. The Morgan fingerprint density at radius 3 is 2.63 bits per heavy atom. The number of ether oxygens (including phenoxy) is 1. The third kappa shape index (κ3) is 4.34. The molecule has 0 aliphatic rings. The standard InChI is InChI=1S/C12H15IN2O4/c1-3-14(8-12(16)19-4-2)11-6-5-9(15(17)18)7-10(11)13/h5-7H,3-4,8H2,1-2H3. The Morgan fingerprint density at radius 1 is 1.47 bits per heavy atom. The fourth-order valence-corrected chi connectivity index (χ4v) is 2.44. The highest BCUT2D eigenvalue weighted by Gasteiger charge is 2.16. The van der Waals surface area contributed by atoms with E-state index >= 15 is 0 Å². The van der Waals surface area contributed by atoms with Gasteiger partial charge in [-0.2, -0.15) is 0 Å². The molecule has 0 bridgehead atoms. The van der Waals surface area contributed by atoms with E-state index in [1.54, 1.807) is 13.0 Å². The van der Waals surface area contributed by atoms with Crippen LogP contribution in [-0.2, 0) is 9.53 Å². The van der Waals surface area contributed by atoms with Crippen LogP contribution in [0.4, 0.5) is 11.4 Å². The van der Waals surface area contributed by atoms with Gasteiger partial charge in [0.2, 0.25) is 0 Å². The van der Waals surface area contributed by atoms with Crippen molar-refractivity contribution in [1.29, 1.82) is 0 Å². The molecule has 0 saturated heterocycles. The maximum Gasteiger partial charge on any atom is 0.325 e. The van der Waals surface area contributed by atoms with Crippen molar-refractivity contribution in [3.05, 3.63) is 31.9 Å². The summed E-state index contributed by atoms with van der Waals surface area (Å²) in [6.45, 7) is 4.76. The van der Waals surface area contributed by atoms with Crippen LogP contribution in [0.2, 0.25) is 0 Å². The number of esters is 1. The average molecular weight is 378 g/mol. The van der Waals surface area contributed by atoms with E-state index in [2.05, 4.69) is 0 Å². The van der Waals surface area contributed by atoms with Crippen molar-refractivity contribution < 1.29 is 14.5 Å². The summed E-state index contributed by atoms with van der Waals surface area (Å²) in [7, 11) is 0. The number of hydrogen-bond donors (Lipinski definition) is 0. The molecule has 0 radical (unpaired) electrons. The highest BCUT2D eigenvalue weighted by atomic mass is 127. The molecule has 0 fully saturated rings. The first-order valence-electron chi connectivity index (χ1n) is 5.84. The summed E-state index contributed by atoms with van der Waals surface area (Å²) >= 11 is 2.03. The monoisotopic (exact) mass is 378 g/mol. The number of halogens is 1. The number of rotatable bonds is 6. The van der Waals surface area contributed by atoms with Crippen LogP contribution < -0.4 is 4.90 Å². The summed E-state index contributed by atoms with van der Waals surface area (Å²) < 4.78 is 5.64. The molecule has 7 heteroatoms. The van der Waals surface area contributed by atoms with Crippen molar-refractivity contribution in [1.82, 2.24) is 0 Å². The Kier molecular flexibility index (Phi) is 6.00. The van der Waals surface area contributed by atoms with Gasteiger partial charge in [0, 0.05) is 22.2 Å². The molecule has 6 nitrogen and oxygen atoms in total. The number of likely N-dealkylation sites (N-methyl/N-ethyl adjacent to an activating group) is 1. The zero-order valence-corrected chi connectivity index (χ0v) is 12.9. The molecule has 0 aliphatic carbocycles. The van der Waals surface area contributed by atoms with E-state index in [9.17, 15) is 14.9 Å². The number of non-ortho nitro benzene ring substituents is 1. The molecule has 0 unspecified atom stereocenters. The summed E-state index contributed by atoms with van der Waals surface area (Å²) in [5.41, 5.74) is 0.835. The van der Waals surface area contributed by atoms with Crippen molar-refractivity contribution in [3.63, 3.8) is 0 Å². The first-order chi connectivity index (χ1) is 8.99. The number of nitro groups is 1. The van der Waals surface area contributed by atoms with E-state index in [-0.39, 0.29) is 18.2 Å². The summed E-state index contributed by atoms with van der Waals surface area (Å²) in [4.78, 5) is 23.6. The van der Waals surface area contributed by atoms with Gasteiger partial charge in [-0.25, -0.2) is 0 Å². The van der Waals surface area contributed by atoms with Crippen LogP contribution in [0, 0.1) is 13.7 Å². The van der Waals surface area contributed by atoms with Gasteiger partial charge in [0.1, 0.15) is 6.54 Å². The molecule has 1 aromatic carbocycles. The number of nitro benzene ring substituents is 1. The molecule has 0 heterocycles. The Hall–Kier alpha value is -1.38. The number of carbonyl (C=O) groups excluding carboxylic acids is 1. The molecule has 0 amide bonds. The molecule has 0 saturated carbocycles. The lowest BCUT2D eigenvalue weighted by molar-refractivity contribution is -0.384. The maximum atomic E-state index is 11.5. The predicted molar refractivity (Wildman–Crippen MR) is 80.3 cm³/mol. The molecule has 0 aliphatic heterocycles. The van der Waals surface area contributed by atoms with Gasteiger partial charge < -0.3 is 9.64 Å². The van der Waals surface area contributed by atoms with Crippen LogP contribution in [-0.4, -0.2) is 30.6 Å². The molecule has 0 atom stereocenters. The summed E-state index contributed by atoms with van der Waals surface area (Å²) in [6.07, 6.45) is 0. The molecular weight excluding hydrogens is 363 g/mol. The van der Waals surface area contributed by atoms with Crippen molar-refractivity contribution in [2.24, 2.45) is 0 Å². The predicted octanol–water partition coefficient (Wildman–Crippen LogP) is 2.59. The van der Waals surface area contributed by atoms with Gasteiger partial charge in [-0.15, -0.1) is 0 Å². The molecule has 0 aromatic heterocycles. The van der Waals surface area contributed by atoms with E-state index in [0.29, 0.717) is 13.2 Å². The molecule has 1 rings (SSSR count). The summed E-state index contributed by atoms with van der Waals surface area (Å²) in [5.74, 6) is -0.307. The van der Waals surface area contributed by atoms with Crippen LogP contribution in [0.3, 0.4) is 0 Å². The van der Waals surface area contributed by atoms with E-state index in [4.69, 9.17) is 4.74 Å². The van der Waals surface area contributed by atoms with E-state index in [1.165, 1.54) is 12.1 Å². The lowest BCUT2D eigenvalue weighted by atomic mass is 10.2. The smallest absolute Gasteiger partial charge is 0.325 e. The Morgan fingerprint density at radius 2 is 2.16 bits per heavy atom. The molecule has 1 aromatic rings. The van der Waals surface area contributed by atoms with Crippen LogP contribution in [0.15, 0.2) is 18.2 Å². The quantitative estimate of drug-likeness (QED) is 0.329. The van der Waals surface area contributed by atoms with Gasteiger partial charge in [0.15, 0.2) is 0 Å². The zero-order valence-electron chi connectivity index (χ0n) is 10.8. The Balaban J connectivity index is 2.92. The number of anilines is 1. The second kappa shape index (κ2) is 7.27. The first kappa shape index (κ1) is 15.7. The van der Waals surface area contributed by atoms with Crippen LogP contribution >= 0.6 is 22.6 Å². The van der Waals surface area contributed by atoms with Crippen LogP contribution in [0.25, 0.3) is 0 Å². The minimum absolute atomic E-state index is 0.0420. The Bertz CT molecular complexity index is 479. The highest BCUT2D eigenvalue weighted by molar-refractivity contribution is 14.1. The van der Waals surface area contributed by atoms with Gasteiger partial charge in [0.05, 0.1) is 17.2 Å². The third-order valence-corrected chi connectivity index (χ3v) is 3.35. The second-order valence-corrected chi connectivity index (χ2v) is 4.87. The van der Waals surface area contributed by atoms with Gasteiger partial charge in [0.25, 0.3) is 5.69 Å². The normalized spacial score (nSPS) is 10.1. The topological polar surface area (TPSA) is 72.7 Å². The molecule has 104 valence electrons.